The van der Waals surface area contributed by atoms with Gasteiger partial charge in [-0.3, -0.25) is 9.59 Å². The quantitative estimate of drug-likeness (QED) is 0.0259. The van der Waals surface area contributed by atoms with Gasteiger partial charge in [0.15, 0.2) is 6.10 Å². The highest BCUT2D eigenvalue weighted by molar-refractivity contribution is 5.70. The van der Waals surface area contributed by atoms with Crippen molar-refractivity contribution in [2.45, 2.75) is 251 Å². The number of carboxylic acids is 1. The molecule has 0 aliphatic rings. The molecule has 2 atom stereocenters. The maximum Gasteiger partial charge on any atom is 0.306 e. The second kappa shape index (κ2) is 46.8. The van der Waals surface area contributed by atoms with Crippen molar-refractivity contribution in [1.29, 1.82) is 0 Å². The van der Waals surface area contributed by atoms with Gasteiger partial charge in [-0.2, -0.15) is 0 Å². The van der Waals surface area contributed by atoms with Crippen molar-refractivity contribution in [3.05, 3.63) is 48.6 Å². The van der Waals surface area contributed by atoms with E-state index in [1.165, 1.54) is 141 Å². The van der Waals surface area contributed by atoms with Gasteiger partial charge in [-0.25, -0.2) is 0 Å². The predicted molar refractivity (Wildman–Crippen MR) is 268 cm³/mol. The Morgan fingerprint density at radius 2 is 0.875 bits per heavy atom. The molecule has 0 bridgehead atoms. The monoisotopic (exact) mass is 900 g/mol. The van der Waals surface area contributed by atoms with Crippen LogP contribution in [0.5, 0.6) is 0 Å². The molecule has 0 N–H and O–H groups in total. The standard InChI is InChI=1S/C56H101NO7/c1-6-8-10-12-14-16-18-20-22-24-25-26-27-28-29-31-32-34-36-38-40-42-44-46-54(58)63-51-52(50-62-49-48-53(56(60)61)57(3,4)5)64-55(59)47-45-43-41-39-37-35-33-30-23-21-19-17-15-13-11-9-7-2/h8,10,14,16,20,22,25-26,52-53H,6-7,9,11-13,15,17-19,21,23-24,27-51H2,1-5H3/b10-8+,16-14+,22-20+,26-25+. The van der Waals surface area contributed by atoms with E-state index in [0.717, 1.165) is 64.2 Å². The van der Waals surface area contributed by atoms with E-state index in [4.69, 9.17) is 14.2 Å². The number of hydrogen-bond donors (Lipinski definition) is 0. The molecule has 0 aromatic rings. The first-order valence-corrected chi connectivity index (χ1v) is 26.7. The summed E-state index contributed by atoms with van der Waals surface area (Å²) in [5.74, 6) is -1.73. The summed E-state index contributed by atoms with van der Waals surface area (Å²) in [5.41, 5.74) is 0. The molecule has 8 nitrogen and oxygen atoms in total. The zero-order chi connectivity index (χ0) is 47.0. The number of aliphatic carboxylic acids is 1. The molecule has 0 saturated carbocycles. The average Bonchev–Trinajstić information content (AvgIpc) is 3.26. The number of rotatable bonds is 48. The van der Waals surface area contributed by atoms with E-state index in [2.05, 4.69) is 62.5 Å². The highest BCUT2D eigenvalue weighted by atomic mass is 16.6. The second-order valence-electron chi connectivity index (χ2n) is 19.1. The number of likely N-dealkylation sites (N-methyl/N-ethyl adjacent to an activating group) is 1. The molecule has 0 aromatic carbocycles. The van der Waals surface area contributed by atoms with Crippen LogP contribution >= 0.6 is 0 Å². The molecule has 372 valence electrons. The number of allylic oxidation sites excluding steroid dienone is 8. The molecular formula is C56H101NO7. The first-order valence-electron chi connectivity index (χ1n) is 26.7. The topological polar surface area (TPSA) is 102 Å². The molecule has 0 radical (unpaired) electrons. The summed E-state index contributed by atoms with van der Waals surface area (Å²) in [6.07, 6.45) is 57.1. The van der Waals surface area contributed by atoms with Gasteiger partial charge in [-0.1, -0.05) is 217 Å². The van der Waals surface area contributed by atoms with E-state index in [9.17, 15) is 19.5 Å². The molecule has 0 spiro atoms. The van der Waals surface area contributed by atoms with E-state index < -0.39 is 18.1 Å². The average molecular weight is 900 g/mol. The van der Waals surface area contributed by atoms with Crippen LogP contribution in [0.2, 0.25) is 0 Å². The SMILES string of the molecule is CC/C=C/C/C=C/C/C=C/C/C=C/CCCCCCCCCCCCC(=O)OCC(COCCC(C(=O)[O-])[N+](C)(C)C)OC(=O)CCCCCCCCCCCCCCCCCCC. The lowest BCUT2D eigenvalue weighted by molar-refractivity contribution is -0.889. The first-order chi connectivity index (χ1) is 31.1. The number of carbonyl (C=O) groups excluding carboxylic acids is 3. The molecule has 0 fully saturated rings. The summed E-state index contributed by atoms with van der Waals surface area (Å²) < 4.78 is 17.3. The Labute approximate surface area is 395 Å². The van der Waals surface area contributed by atoms with Gasteiger partial charge in [0.25, 0.3) is 0 Å². The van der Waals surface area contributed by atoms with Crippen molar-refractivity contribution in [2.24, 2.45) is 0 Å². The van der Waals surface area contributed by atoms with Gasteiger partial charge < -0.3 is 28.6 Å². The molecule has 0 amide bonds. The third-order valence-corrected chi connectivity index (χ3v) is 12.0. The van der Waals surface area contributed by atoms with Crippen LogP contribution in [0.3, 0.4) is 0 Å². The fourth-order valence-corrected chi connectivity index (χ4v) is 7.89. The number of nitrogens with zero attached hydrogens (tertiary/aromatic N) is 1. The number of ether oxygens (including phenoxy) is 3. The molecule has 0 rings (SSSR count). The second-order valence-corrected chi connectivity index (χ2v) is 19.1. The largest absolute Gasteiger partial charge is 0.544 e. The third-order valence-electron chi connectivity index (χ3n) is 12.0. The van der Waals surface area contributed by atoms with Crippen LogP contribution in [0, 0.1) is 0 Å². The van der Waals surface area contributed by atoms with E-state index in [0.29, 0.717) is 12.8 Å². The van der Waals surface area contributed by atoms with Crippen molar-refractivity contribution < 1.29 is 38.2 Å². The fraction of sp³-hybridized carbons (Fsp3) is 0.804. The Morgan fingerprint density at radius 1 is 0.484 bits per heavy atom. The summed E-state index contributed by atoms with van der Waals surface area (Å²) in [6.45, 7) is 4.58. The van der Waals surface area contributed by atoms with Gasteiger partial charge in [0.1, 0.15) is 12.6 Å². The molecule has 0 aromatic heterocycles. The number of quaternary nitrogens is 1. The Morgan fingerprint density at radius 3 is 1.30 bits per heavy atom. The fourth-order valence-electron chi connectivity index (χ4n) is 7.89. The summed E-state index contributed by atoms with van der Waals surface area (Å²) in [5, 5.41) is 11.7. The number of hydrogen-bond acceptors (Lipinski definition) is 7. The minimum atomic E-state index is -1.12. The normalized spacial score (nSPS) is 13.2. The number of carbonyl (C=O) groups is 3. The predicted octanol–water partition coefficient (Wildman–Crippen LogP) is 14.2. The van der Waals surface area contributed by atoms with E-state index in [1.54, 1.807) is 0 Å². The van der Waals surface area contributed by atoms with E-state index in [-0.39, 0.29) is 42.7 Å². The van der Waals surface area contributed by atoms with Crippen molar-refractivity contribution >= 4 is 17.9 Å². The van der Waals surface area contributed by atoms with E-state index in [1.807, 2.05) is 21.1 Å². The maximum absolute atomic E-state index is 12.8. The molecule has 0 saturated heterocycles. The minimum Gasteiger partial charge on any atom is -0.544 e. The molecule has 2 unspecified atom stereocenters. The lowest BCUT2D eigenvalue weighted by atomic mass is 10.0. The van der Waals surface area contributed by atoms with Gasteiger partial charge in [-0.15, -0.1) is 0 Å². The molecule has 8 heteroatoms. The van der Waals surface area contributed by atoms with Crippen LogP contribution in [-0.2, 0) is 28.6 Å². The van der Waals surface area contributed by atoms with Crippen LogP contribution in [0.15, 0.2) is 48.6 Å². The van der Waals surface area contributed by atoms with Gasteiger partial charge in [0.2, 0.25) is 0 Å². The molecule has 0 heterocycles. The molecular weight excluding hydrogens is 799 g/mol. The highest BCUT2D eigenvalue weighted by Crippen LogP contribution is 2.16. The number of carboxylic acid groups (broad SMARTS) is 1. The van der Waals surface area contributed by atoms with Gasteiger partial charge in [0, 0.05) is 19.3 Å². The highest BCUT2D eigenvalue weighted by Gasteiger charge is 2.25. The van der Waals surface area contributed by atoms with Crippen molar-refractivity contribution in [1.82, 2.24) is 0 Å². The van der Waals surface area contributed by atoms with Crippen LogP contribution in [0.4, 0.5) is 0 Å². The van der Waals surface area contributed by atoms with Crippen LogP contribution in [-0.4, -0.2) is 75.5 Å². The van der Waals surface area contributed by atoms with Crippen molar-refractivity contribution in [2.75, 3.05) is 41.0 Å². The number of unbranched alkanes of at least 4 members (excludes halogenated alkanes) is 26. The Kier molecular flexibility index (Phi) is 44.8. The smallest absolute Gasteiger partial charge is 0.306 e. The van der Waals surface area contributed by atoms with E-state index >= 15 is 0 Å². The summed E-state index contributed by atoms with van der Waals surface area (Å²) in [7, 11) is 5.42. The third kappa shape index (κ3) is 44.5. The summed E-state index contributed by atoms with van der Waals surface area (Å²) in [4.78, 5) is 37.1. The van der Waals surface area contributed by atoms with Gasteiger partial charge in [0.05, 0.1) is 40.3 Å². The lowest BCUT2D eigenvalue weighted by Gasteiger charge is -2.34. The molecule has 0 aliphatic carbocycles. The summed E-state index contributed by atoms with van der Waals surface area (Å²) in [6, 6.07) is -0.726. The first kappa shape index (κ1) is 61.3. The van der Waals surface area contributed by atoms with Crippen molar-refractivity contribution in [3.63, 3.8) is 0 Å². The Bertz CT molecular complexity index is 1190. The van der Waals surface area contributed by atoms with Crippen LogP contribution in [0.25, 0.3) is 0 Å². The van der Waals surface area contributed by atoms with Crippen molar-refractivity contribution in [3.8, 4) is 0 Å². The number of esters is 2. The van der Waals surface area contributed by atoms with Gasteiger partial charge >= 0.3 is 11.9 Å². The Hall–Kier alpha value is -2.71. The maximum atomic E-state index is 12.8. The van der Waals surface area contributed by atoms with Crippen LogP contribution < -0.4 is 5.11 Å². The van der Waals surface area contributed by atoms with Crippen LogP contribution in [0.1, 0.15) is 239 Å². The zero-order valence-electron chi connectivity index (χ0n) is 42.4. The van der Waals surface area contributed by atoms with Gasteiger partial charge in [-0.05, 0) is 51.4 Å². The minimum absolute atomic E-state index is 0.0419. The summed E-state index contributed by atoms with van der Waals surface area (Å²) >= 11 is 0. The lowest BCUT2D eigenvalue weighted by Crippen LogP contribution is -2.55. The zero-order valence-corrected chi connectivity index (χ0v) is 42.4. The molecule has 64 heavy (non-hydrogen) atoms. The molecule has 0 aliphatic heterocycles. The Balaban J connectivity index is 4.19.